The molecule has 2 heterocycles. The standard InChI is InChI=1S/C28H26FN5O3S/c1-19-4-2-6-21(16-19)27(36)34-14-12-33(13-15-34)24-10-8-23(9-11-24)30-25(35)18-38-28-32-31-26(37-28)20-5-3-7-22(29)17-20/h2-11,16-17H,12-15,18H2,1H3,(H,30,35). The van der Waals surface area contributed by atoms with E-state index in [-0.39, 0.29) is 28.7 Å². The lowest BCUT2D eigenvalue weighted by molar-refractivity contribution is -0.113. The Balaban J connectivity index is 1.09. The van der Waals surface area contributed by atoms with Gasteiger partial charge in [-0.2, -0.15) is 0 Å². The lowest BCUT2D eigenvalue weighted by atomic mass is 10.1. The predicted octanol–water partition coefficient (Wildman–Crippen LogP) is 4.88. The number of halogens is 1. The molecule has 38 heavy (non-hydrogen) atoms. The SMILES string of the molecule is Cc1cccc(C(=O)N2CCN(c3ccc(NC(=O)CSc4nnc(-c5cccc(F)c5)o4)cc3)CC2)c1. The zero-order chi connectivity index (χ0) is 26.5. The molecule has 0 atom stereocenters. The van der Waals surface area contributed by atoms with Gasteiger partial charge in [-0.15, -0.1) is 10.2 Å². The largest absolute Gasteiger partial charge is 0.411 e. The molecular formula is C28H26FN5O3S. The molecule has 1 aliphatic rings. The van der Waals surface area contributed by atoms with Gasteiger partial charge in [0.25, 0.3) is 11.1 Å². The molecule has 0 spiro atoms. The molecule has 1 N–H and O–H groups in total. The van der Waals surface area contributed by atoms with Crippen LogP contribution in [-0.4, -0.2) is 58.8 Å². The maximum atomic E-state index is 13.4. The van der Waals surface area contributed by atoms with E-state index in [1.807, 2.05) is 60.4 Å². The normalized spacial score (nSPS) is 13.4. The van der Waals surface area contributed by atoms with Crippen LogP contribution < -0.4 is 10.2 Å². The number of rotatable bonds is 7. The van der Waals surface area contributed by atoms with Crippen molar-refractivity contribution in [1.82, 2.24) is 15.1 Å². The van der Waals surface area contributed by atoms with Crippen LogP contribution in [0.5, 0.6) is 0 Å². The molecule has 5 rings (SSSR count). The molecule has 3 aromatic carbocycles. The first kappa shape index (κ1) is 25.5. The molecule has 0 unspecified atom stereocenters. The maximum absolute atomic E-state index is 13.4. The van der Waals surface area contributed by atoms with Crippen LogP contribution >= 0.6 is 11.8 Å². The summed E-state index contributed by atoms with van der Waals surface area (Å²) in [4.78, 5) is 29.3. The smallest absolute Gasteiger partial charge is 0.277 e. The number of nitrogens with one attached hydrogen (secondary N) is 1. The number of thioether (sulfide) groups is 1. The monoisotopic (exact) mass is 531 g/mol. The fraction of sp³-hybridized carbons (Fsp3) is 0.214. The van der Waals surface area contributed by atoms with Crippen molar-refractivity contribution in [2.24, 2.45) is 0 Å². The van der Waals surface area contributed by atoms with Crippen LogP contribution in [0.15, 0.2) is 82.4 Å². The van der Waals surface area contributed by atoms with Crippen molar-refractivity contribution in [2.75, 3.05) is 42.1 Å². The number of aromatic nitrogens is 2. The quantitative estimate of drug-likeness (QED) is 0.340. The molecule has 2 amide bonds. The van der Waals surface area contributed by atoms with Crippen molar-refractivity contribution in [2.45, 2.75) is 12.1 Å². The van der Waals surface area contributed by atoms with Gasteiger partial charge >= 0.3 is 0 Å². The minimum atomic E-state index is -0.393. The summed E-state index contributed by atoms with van der Waals surface area (Å²) in [5.74, 6) is -0.255. The Labute approximate surface area is 223 Å². The number of nitrogens with zero attached hydrogens (tertiary/aromatic N) is 4. The van der Waals surface area contributed by atoms with E-state index in [2.05, 4.69) is 20.4 Å². The number of aryl methyl sites for hydroxylation is 1. The zero-order valence-electron chi connectivity index (χ0n) is 20.8. The van der Waals surface area contributed by atoms with Crippen LogP contribution in [-0.2, 0) is 4.79 Å². The fourth-order valence-corrected chi connectivity index (χ4v) is 4.78. The van der Waals surface area contributed by atoms with Gasteiger partial charge in [-0.05, 0) is 61.5 Å². The molecule has 4 aromatic rings. The Morgan fingerprint density at radius 2 is 1.74 bits per heavy atom. The van der Waals surface area contributed by atoms with Gasteiger partial charge in [0.15, 0.2) is 0 Å². The lowest BCUT2D eigenvalue weighted by Crippen LogP contribution is -2.48. The Kier molecular flexibility index (Phi) is 7.69. The number of carbonyl (C=O) groups is 2. The van der Waals surface area contributed by atoms with Crippen molar-refractivity contribution >= 4 is 35.0 Å². The molecule has 10 heteroatoms. The average molecular weight is 532 g/mol. The summed E-state index contributed by atoms with van der Waals surface area (Å²) in [6.07, 6.45) is 0. The molecule has 0 radical (unpaired) electrons. The fourth-order valence-electron chi connectivity index (χ4n) is 4.21. The summed E-state index contributed by atoms with van der Waals surface area (Å²) < 4.78 is 18.9. The number of hydrogen-bond donors (Lipinski definition) is 1. The summed E-state index contributed by atoms with van der Waals surface area (Å²) in [5.41, 5.74) is 4.00. The van der Waals surface area contributed by atoms with Crippen molar-refractivity contribution in [3.8, 4) is 11.5 Å². The molecule has 1 saturated heterocycles. The topological polar surface area (TPSA) is 91.6 Å². The first-order chi connectivity index (χ1) is 18.4. The first-order valence-corrected chi connectivity index (χ1v) is 13.2. The third-order valence-electron chi connectivity index (χ3n) is 6.15. The molecule has 0 aliphatic carbocycles. The Morgan fingerprint density at radius 1 is 0.974 bits per heavy atom. The first-order valence-electron chi connectivity index (χ1n) is 12.2. The van der Waals surface area contributed by atoms with E-state index < -0.39 is 5.82 Å². The van der Waals surface area contributed by atoms with Crippen LogP contribution in [0.3, 0.4) is 0 Å². The number of benzene rings is 3. The molecule has 8 nitrogen and oxygen atoms in total. The highest BCUT2D eigenvalue weighted by molar-refractivity contribution is 7.99. The maximum Gasteiger partial charge on any atom is 0.277 e. The van der Waals surface area contributed by atoms with Crippen LogP contribution in [0.1, 0.15) is 15.9 Å². The Morgan fingerprint density at radius 3 is 2.47 bits per heavy atom. The van der Waals surface area contributed by atoms with Gasteiger partial charge in [-0.1, -0.05) is 35.5 Å². The van der Waals surface area contributed by atoms with E-state index in [1.54, 1.807) is 12.1 Å². The van der Waals surface area contributed by atoms with Crippen LogP contribution in [0.2, 0.25) is 0 Å². The highest BCUT2D eigenvalue weighted by Gasteiger charge is 2.22. The number of amides is 2. The Hall–Kier alpha value is -4.18. The number of hydrogen-bond acceptors (Lipinski definition) is 7. The second kappa shape index (κ2) is 11.5. The van der Waals surface area contributed by atoms with Gasteiger partial charge in [-0.25, -0.2) is 4.39 Å². The summed E-state index contributed by atoms with van der Waals surface area (Å²) in [6.45, 7) is 4.76. The van der Waals surface area contributed by atoms with E-state index in [9.17, 15) is 14.0 Å². The molecule has 1 aliphatic heterocycles. The second-order valence-corrected chi connectivity index (χ2v) is 9.84. The van der Waals surface area contributed by atoms with Crippen molar-refractivity contribution < 1.29 is 18.4 Å². The van der Waals surface area contributed by atoms with Gasteiger partial charge in [0, 0.05) is 48.7 Å². The number of anilines is 2. The third kappa shape index (κ3) is 6.20. The van der Waals surface area contributed by atoms with Crippen molar-refractivity contribution in [1.29, 1.82) is 0 Å². The predicted molar refractivity (Wildman–Crippen MR) is 145 cm³/mol. The van der Waals surface area contributed by atoms with Gasteiger partial charge in [0.2, 0.25) is 11.8 Å². The van der Waals surface area contributed by atoms with E-state index >= 15 is 0 Å². The van der Waals surface area contributed by atoms with E-state index in [4.69, 9.17) is 4.42 Å². The van der Waals surface area contributed by atoms with E-state index in [1.165, 1.54) is 12.1 Å². The highest BCUT2D eigenvalue weighted by atomic mass is 32.2. The van der Waals surface area contributed by atoms with Gasteiger partial charge < -0.3 is 19.5 Å². The number of piperazine rings is 1. The summed E-state index contributed by atoms with van der Waals surface area (Å²) in [5, 5.41) is 10.9. The number of carbonyl (C=O) groups excluding carboxylic acids is 2. The summed E-state index contributed by atoms with van der Waals surface area (Å²) >= 11 is 1.11. The van der Waals surface area contributed by atoms with Gasteiger partial charge in [0.05, 0.1) is 5.75 Å². The molecule has 1 fully saturated rings. The van der Waals surface area contributed by atoms with Crippen molar-refractivity contribution in [3.05, 3.63) is 89.7 Å². The lowest BCUT2D eigenvalue weighted by Gasteiger charge is -2.36. The highest BCUT2D eigenvalue weighted by Crippen LogP contribution is 2.24. The van der Waals surface area contributed by atoms with Crippen LogP contribution in [0.4, 0.5) is 15.8 Å². The van der Waals surface area contributed by atoms with E-state index in [0.717, 1.165) is 41.7 Å². The minimum Gasteiger partial charge on any atom is -0.411 e. The molecule has 194 valence electrons. The van der Waals surface area contributed by atoms with E-state index in [0.29, 0.717) is 24.3 Å². The average Bonchev–Trinajstić information content (AvgIpc) is 3.41. The molecular weight excluding hydrogens is 505 g/mol. The summed E-state index contributed by atoms with van der Waals surface area (Å²) in [6, 6.07) is 21.2. The Bertz CT molecular complexity index is 1430. The molecule has 0 bridgehead atoms. The third-order valence-corrected chi connectivity index (χ3v) is 6.97. The zero-order valence-corrected chi connectivity index (χ0v) is 21.6. The minimum absolute atomic E-state index is 0.0648. The summed E-state index contributed by atoms with van der Waals surface area (Å²) in [7, 11) is 0. The van der Waals surface area contributed by atoms with Gasteiger partial charge in [-0.3, -0.25) is 9.59 Å². The molecule has 1 aromatic heterocycles. The second-order valence-electron chi connectivity index (χ2n) is 8.92. The van der Waals surface area contributed by atoms with Gasteiger partial charge in [0.1, 0.15) is 5.82 Å². The van der Waals surface area contributed by atoms with Crippen LogP contribution in [0, 0.1) is 12.7 Å². The van der Waals surface area contributed by atoms with Crippen molar-refractivity contribution in [3.63, 3.8) is 0 Å². The van der Waals surface area contributed by atoms with Crippen LogP contribution in [0.25, 0.3) is 11.5 Å². The molecule has 0 saturated carbocycles.